The fraction of sp³-hybridized carbons (Fsp3) is 0.739. The van der Waals surface area contributed by atoms with Crippen LogP contribution in [0, 0.1) is 34.0 Å². The van der Waals surface area contributed by atoms with Gasteiger partial charge < -0.3 is 5.11 Å². The third-order valence-corrected chi connectivity index (χ3v) is 9.21. The molecule has 0 radical (unpaired) electrons. The Morgan fingerprint density at radius 1 is 1.27 bits per heavy atom. The van der Waals surface area contributed by atoms with E-state index in [9.17, 15) is 14.7 Å². The molecule has 0 aliphatic heterocycles. The van der Waals surface area contributed by atoms with Crippen LogP contribution < -0.4 is 0 Å². The van der Waals surface area contributed by atoms with Crippen LogP contribution in [0.4, 0.5) is 0 Å². The number of fused-ring (bicyclic) bond motifs is 5. The molecule has 4 aliphatic rings. The number of ketones is 2. The normalized spacial score (nSPS) is 47.4. The third-order valence-electron chi connectivity index (χ3n) is 9.21. The van der Waals surface area contributed by atoms with Crippen LogP contribution in [-0.2, 0) is 9.59 Å². The molecule has 4 aliphatic carbocycles. The standard InChI is InChI=1S/C23H32O3/c1-14-11-19-17-6-5-15-12-16(25)7-9-21(15,2)18(17)8-10-22(19,3)23(14,4)20(26)13-24/h5,8,14,17,19,24H,6-7,9-13H2,1-4H3/t14-,17?,19?,21+,22+,23-/m1/s1. The van der Waals surface area contributed by atoms with Gasteiger partial charge in [-0.3, -0.25) is 9.59 Å². The van der Waals surface area contributed by atoms with E-state index in [2.05, 4.69) is 39.8 Å². The summed E-state index contributed by atoms with van der Waals surface area (Å²) in [5.41, 5.74) is 2.37. The Morgan fingerprint density at radius 3 is 2.69 bits per heavy atom. The van der Waals surface area contributed by atoms with Crippen LogP contribution in [0.15, 0.2) is 23.3 Å². The number of aliphatic hydroxyl groups excluding tert-OH is 1. The molecule has 6 atom stereocenters. The molecule has 142 valence electrons. The van der Waals surface area contributed by atoms with Crippen molar-refractivity contribution in [3.05, 3.63) is 23.3 Å². The molecule has 0 aromatic heterocycles. The number of aliphatic hydroxyl groups is 1. The molecule has 2 saturated carbocycles. The first-order valence-corrected chi connectivity index (χ1v) is 10.2. The molecule has 0 aromatic rings. The predicted molar refractivity (Wildman–Crippen MR) is 101 cm³/mol. The first-order chi connectivity index (χ1) is 12.2. The van der Waals surface area contributed by atoms with Gasteiger partial charge in [0.25, 0.3) is 0 Å². The maximum atomic E-state index is 12.8. The van der Waals surface area contributed by atoms with Gasteiger partial charge in [0, 0.05) is 23.7 Å². The van der Waals surface area contributed by atoms with E-state index in [1.807, 2.05) is 0 Å². The molecular formula is C23H32O3. The van der Waals surface area contributed by atoms with Crippen molar-refractivity contribution in [1.82, 2.24) is 0 Å². The third kappa shape index (κ3) is 2.04. The second-order valence-corrected chi connectivity index (χ2v) is 9.93. The summed E-state index contributed by atoms with van der Waals surface area (Å²) in [6.45, 7) is 8.56. The minimum Gasteiger partial charge on any atom is -0.389 e. The maximum absolute atomic E-state index is 12.8. The average Bonchev–Trinajstić information content (AvgIpc) is 2.83. The number of Topliss-reactive ketones (excluding diaryl/α,β-unsaturated/α-hetero) is 2. The van der Waals surface area contributed by atoms with Crippen LogP contribution in [-0.4, -0.2) is 23.3 Å². The lowest BCUT2D eigenvalue weighted by atomic mass is 9.49. The second kappa shape index (κ2) is 5.64. The number of hydrogen-bond donors (Lipinski definition) is 1. The molecule has 0 spiro atoms. The molecule has 4 rings (SSSR count). The van der Waals surface area contributed by atoms with Crippen LogP contribution in [0.25, 0.3) is 0 Å². The van der Waals surface area contributed by atoms with Crippen molar-refractivity contribution in [3.8, 4) is 0 Å². The van der Waals surface area contributed by atoms with E-state index in [-0.39, 0.29) is 29.1 Å². The number of hydrogen-bond acceptors (Lipinski definition) is 3. The summed E-state index contributed by atoms with van der Waals surface area (Å²) in [6.07, 6.45) is 9.98. The Balaban J connectivity index is 1.77. The van der Waals surface area contributed by atoms with Crippen molar-refractivity contribution in [2.24, 2.45) is 34.0 Å². The van der Waals surface area contributed by atoms with Crippen LogP contribution in [0.2, 0.25) is 0 Å². The number of rotatable bonds is 2. The Kier molecular flexibility index (Phi) is 3.94. The minimum absolute atomic E-state index is 0.00775. The highest BCUT2D eigenvalue weighted by Crippen LogP contribution is 2.69. The van der Waals surface area contributed by atoms with Crippen LogP contribution in [0.3, 0.4) is 0 Å². The maximum Gasteiger partial charge on any atom is 0.164 e. The van der Waals surface area contributed by atoms with Crippen molar-refractivity contribution >= 4 is 11.6 Å². The molecule has 26 heavy (non-hydrogen) atoms. The monoisotopic (exact) mass is 356 g/mol. The zero-order valence-corrected chi connectivity index (χ0v) is 16.6. The molecule has 3 nitrogen and oxygen atoms in total. The SMILES string of the molecule is C[C@@H]1CC2C3CC=C4CC(=O)CC[C@]4(C)C3=CC[C@]2(C)[C@@]1(C)C(=O)CO. The zero-order valence-electron chi connectivity index (χ0n) is 16.6. The number of carbonyl (C=O) groups excluding carboxylic acids is 2. The van der Waals surface area contributed by atoms with E-state index in [1.165, 1.54) is 11.1 Å². The van der Waals surface area contributed by atoms with Crippen molar-refractivity contribution in [1.29, 1.82) is 0 Å². The first kappa shape index (κ1) is 18.2. The number of carbonyl (C=O) groups is 2. The van der Waals surface area contributed by atoms with Crippen molar-refractivity contribution in [2.45, 2.75) is 66.2 Å². The smallest absolute Gasteiger partial charge is 0.164 e. The summed E-state index contributed by atoms with van der Waals surface area (Å²) < 4.78 is 0. The first-order valence-electron chi connectivity index (χ1n) is 10.2. The molecule has 2 unspecified atom stereocenters. The highest BCUT2D eigenvalue weighted by Gasteiger charge is 2.65. The minimum atomic E-state index is -0.456. The van der Waals surface area contributed by atoms with Crippen molar-refractivity contribution in [3.63, 3.8) is 0 Å². The second-order valence-electron chi connectivity index (χ2n) is 9.93. The Hall–Kier alpha value is -1.22. The lowest BCUT2D eigenvalue weighted by Crippen LogP contribution is -2.50. The van der Waals surface area contributed by atoms with Gasteiger partial charge in [-0.05, 0) is 48.9 Å². The molecule has 0 saturated heterocycles. The fourth-order valence-corrected chi connectivity index (χ4v) is 7.11. The van der Waals surface area contributed by atoms with E-state index in [0.29, 0.717) is 30.5 Å². The summed E-state index contributed by atoms with van der Waals surface area (Å²) in [4.78, 5) is 24.7. The van der Waals surface area contributed by atoms with Gasteiger partial charge in [0.1, 0.15) is 12.4 Å². The lowest BCUT2D eigenvalue weighted by Gasteiger charge is -2.54. The average molecular weight is 357 g/mol. The molecule has 3 heteroatoms. The van der Waals surface area contributed by atoms with E-state index in [1.54, 1.807) is 0 Å². The summed E-state index contributed by atoms with van der Waals surface area (Å²) >= 11 is 0. The quantitative estimate of drug-likeness (QED) is 0.753. The molecule has 0 amide bonds. The van der Waals surface area contributed by atoms with E-state index in [0.717, 1.165) is 25.7 Å². The summed E-state index contributed by atoms with van der Waals surface area (Å²) in [7, 11) is 0. The summed E-state index contributed by atoms with van der Waals surface area (Å²) in [5, 5.41) is 9.63. The van der Waals surface area contributed by atoms with Gasteiger partial charge >= 0.3 is 0 Å². The topological polar surface area (TPSA) is 54.4 Å². The Labute approximate surface area is 156 Å². The van der Waals surface area contributed by atoms with Crippen LogP contribution >= 0.6 is 0 Å². The Morgan fingerprint density at radius 2 is 2.00 bits per heavy atom. The molecule has 0 bridgehead atoms. The van der Waals surface area contributed by atoms with Gasteiger partial charge in [0.2, 0.25) is 0 Å². The highest BCUT2D eigenvalue weighted by atomic mass is 16.3. The highest BCUT2D eigenvalue weighted by molar-refractivity contribution is 5.87. The van der Waals surface area contributed by atoms with Crippen molar-refractivity contribution < 1.29 is 14.7 Å². The molecular weight excluding hydrogens is 324 g/mol. The van der Waals surface area contributed by atoms with Gasteiger partial charge in [-0.15, -0.1) is 0 Å². The van der Waals surface area contributed by atoms with Crippen LogP contribution in [0.5, 0.6) is 0 Å². The summed E-state index contributed by atoms with van der Waals surface area (Å²) in [6, 6.07) is 0. The molecule has 2 fully saturated rings. The van der Waals surface area contributed by atoms with Gasteiger partial charge in [-0.25, -0.2) is 0 Å². The predicted octanol–water partition coefficient (Wildman–Crippen LogP) is 4.25. The summed E-state index contributed by atoms with van der Waals surface area (Å²) in [5.74, 6) is 1.63. The molecule has 0 aromatic carbocycles. The number of allylic oxidation sites excluding steroid dienone is 4. The van der Waals surface area contributed by atoms with Gasteiger partial charge in [-0.1, -0.05) is 51.0 Å². The van der Waals surface area contributed by atoms with E-state index in [4.69, 9.17) is 0 Å². The van der Waals surface area contributed by atoms with E-state index < -0.39 is 5.41 Å². The van der Waals surface area contributed by atoms with Gasteiger partial charge in [-0.2, -0.15) is 0 Å². The van der Waals surface area contributed by atoms with Crippen LogP contribution in [0.1, 0.15) is 66.2 Å². The van der Waals surface area contributed by atoms with Gasteiger partial charge in [0.05, 0.1) is 0 Å². The lowest BCUT2D eigenvalue weighted by molar-refractivity contribution is -0.141. The molecule has 1 N–H and O–H groups in total. The Bertz CT molecular complexity index is 732. The zero-order chi connectivity index (χ0) is 18.9. The molecule has 0 heterocycles. The van der Waals surface area contributed by atoms with Gasteiger partial charge in [0.15, 0.2) is 5.78 Å². The van der Waals surface area contributed by atoms with Crippen molar-refractivity contribution in [2.75, 3.05) is 6.61 Å². The fourth-order valence-electron chi connectivity index (χ4n) is 7.11. The largest absolute Gasteiger partial charge is 0.389 e. The van der Waals surface area contributed by atoms with E-state index >= 15 is 0 Å².